The summed E-state index contributed by atoms with van der Waals surface area (Å²) in [6.07, 6.45) is 0. The summed E-state index contributed by atoms with van der Waals surface area (Å²) < 4.78 is 23.9. The number of rotatable bonds is 3. The molecular weight excluding hydrogens is 332 g/mol. The molecule has 0 atom stereocenters. The molecule has 0 N–H and O–H groups in total. The molecule has 0 aliphatic heterocycles. The van der Waals surface area contributed by atoms with Gasteiger partial charge in [0.2, 0.25) is 9.84 Å². The third kappa shape index (κ3) is 3.22. The third-order valence-corrected chi connectivity index (χ3v) is 5.18. The lowest BCUT2D eigenvalue weighted by atomic mass is 10.4. The number of hydrogen-bond donors (Lipinski definition) is 0. The molecule has 0 saturated heterocycles. The zero-order chi connectivity index (χ0) is 10.6. The minimum Gasteiger partial charge on any atom is -0.219 e. The van der Waals surface area contributed by atoms with E-state index < -0.39 is 9.84 Å². The maximum atomic E-state index is 11.7. The summed E-state index contributed by atoms with van der Waals surface area (Å²) in [4.78, 5) is 0.304. The first kappa shape index (κ1) is 11.9. The van der Waals surface area contributed by atoms with E-state index in [9.17, 15) is 8.42 Å². The zero-order valence-corrected chi connectivity index (χ0v) is 11.1. The van der Waals surface area contributed by atoms with Gasteiger partial charge in [0, 0.05) is 15.2 Å². The fourth-order valence-electron chi connectivity index (χ4n) is 0.878. The van der Waals surface area contributed by atoms with Gasteiger partial charge in [0.05, 0.1) is 4.90 Å². The molecule has 0 aromatic heterocycles. The van der Waals surface area contributed by atoms with Crippen molar-refractivity contribution in [2.45, 2.75) is 4.90 Å². The molecule has 0 spiro atoms. The number of benzene rings is 1. The molecule has 0 fully saturated rings. The second-order valence-electron chi connectivity index (χ2n) is 2.56. The van der Waals surface area contributed by atoms with Gasteiger partial charge in [-0.1, -0.05) is 50.1 Å². The number of hydrogen-bond acceptors (Lipinski definition) is 2. The fourth-order valence-corrected chi connectivity index (χ4v) is 3.09. The van der Waals surface area contributed by atoms with Crippen molar-refractivity contribution < 1.29 is 8.42 Å². The highest BCUT2D eigenvalue weighted by molar-refractivity contribution is 9.13. The Kier molecular flexibility index (Phi) is 4.34. The molecule has 0 bridgehead atoms. The third-order valence-electron chi connectivity index (χ3n) is 1.48. The summed E-state index contributed by atoms with van der Waals surface area (Å²) in [5.41, 5.74) is 0. The van der Waals surface area contributed by atoms with E-state index in [-0.39, 0.29) is 0 Å². The highest BCUT2D eigenvalue weighted by Gasteiger charge is 2.10. The summed E-state index contributed by atoms with van der Waals surface area (Å²) in [5.74, 6) is 0. The van der Waals surface area contributed by atoms with Crippen molar-refractivity contribution in [3.63, 3.8) is 0 Å². The molecule has 14 heavy (non-hydrogen) atoms. The highest BCUT2D eigenvalue weighted by Crippen LogP contribution is 2.17. The molecule has 0 saturated carbocycles. The van der Waals surface area contributed by atoms with Crippen LogP contribution in [-0.4, -0.2) is 13.7 Å². The first-order chi connectivity index (χ1) is 6.56. The van der Waals surface area contributed by atoms with Crippen LogP contribution in [0.3, 0.4) is 0 Å². The molecule has 5 heteroatoms. The molecule has 0 amide bonds. The van der Waals surface area contributed by atoms with Crippen LogP contribution >= 0.6 is 31.9 Å². The van der Waals surface area contributed by atoms with Gasteiger partial charge in [-0.3, -0.25) is 0 Å². The van der Waals surface area contributed by atoms with Gasteiger partial charge in [0.15, 0.2) is 0 Å². The van der Waals surface area contributed by atoms with Crippen LogP contribution in [-0.2, 0) is 9.84 Å². The number of sulfone groups is 1. The number of allylic oxidation sites excluding steroid dienone is 1. The summed E-state index contributed by atoms with van der Waals surface area (Å²) in [6, 6.07) is 8.31. The van der Waals surface area contributed by atoms with Gasteiger partial charge in [0.25, 0.3) is 0 Å². The van der Waals surface area contributed by atoms with E-state index >= 15 is 0 Å². The van der Waals surface area contributed by atoms with Crippen LogP contribution in [0.5, 0.6) is 0 Å². The van der Waals surface area contributed by atoms with Crippen molar-refractivity contribution in [1.82, 2.24) is 0 Å². The normalized spacial score (nSPS) is 12.9. The Hall–Kier alpha value is -0.130. The lowest BCUT2D eigenvalue weighted by Gasteiger charge is -1.98. The zero-order valence-electron chi connectivity index (χ0n) is 7.15. The second-order valence-corrected chi connectivity index (χ2v) is 5.93. The van der Waals surface area contributed by atoms with Gasteiger partial charge >= 0.3 is 0 Å². The topological polar surface area (TPSA) is 34.1 Å². The Morgan fingerprint density at radius 1 is 1.29 bits per heavy atom. The minimum absolute atomic E-state index is 0.304. The van der Waals surface area contributed by atoms with Crippen LogP contribution in [0.1, 0.15) is 0 Å². The van der Waals surface area contributed by atoms with Crippen molar-refractivity contribution in [3.8, 4) is 0 Å². The SMILES string of the molecule is O=S(=O)(/C=C(/Br)CBr)c1ccccc1. The molecule has 0 unspecified atom stereocenters. The van der Waals surface area contributed by atoms with E-state index in [0.29, 0.717) is 14.7 Å². The molecule has 1 aromatic rings. The number of alkyl halides is 1. The van der Waals surface area contributed by atoms with Crippen LogP contribution in [0.15, 0.2) is 45.1 Å². The first-order valence-corrected chi connectivity index (χ1v) is 7.24. The molecule has 0 aliphatic rings. The predicted molar refractivity (Wildman–Crippen MR) is 64.4 cm³/mol. The minimum atomic E-state index is -3.31. The van der Waals surface area contributed by atoms with E-state index in [4.69, 9.17) is 0 Å². The van der Waals surface area contributed by atoms with E-state index in [2.05, 4.69) is 31.9 Å². The van der Waals surface area contributed by atoms with Gasteiger partial charge in [-0.15, -0.1) is 0 Å². The van der Waals surface area contributed by atoms with Gasteiger partial charge in [0.1, 0.15) is 0 Å². The lowest BCUT2D eigenvalue weighted by Crippen LogP contribution is -1.96. The summed E-state index contributed by atoms with van der Waals surface area (Å²) >= 11 is 6.31. The first-order valence-electron chi connectivity index (χ1n) is 3.78. The van der Waals surface area contributed by atoms with Gasteiger partial charge in [-0.2, -0.15) is 0 Å². The van der Waals surface area contributed by atoms with Crippen molar-refractivity contribution in [3.05, 3.63) is 40.2 Å². The Bertz CT molecular complexity index is 423. The molecule has 0 aliphatic carbocycles. The Balaban J connectivity index is 3.11. The molecule has 0 radical (unpaired) electrons. The molecule has 2 nitrogen and oxygen atoms in total. The van der Waals surface area contributed by atoms with Crippen LogP contribution < -0.4 is 0 Å². The van der Waals surface area contributed by atoms with Crippen molar-refractivity contribution in [1.29, 1.82) is 0 Å². The van der Waals surface area contributed by atoms with Gasteiger partial charge in [-0.25, -0.2) is 8.42 Å². The van der Waals surface area contributed by atoms with E-state index in [1.807, 2.05) is 0 Å². The molecule has 76 valence electrons. The second kappa shape index (κ2) is 5.09. The molecule has 0 heterocycles. The van der Waals surface area contributed by atoms with Crippen molar-refractivity contribution in [2.75, 3.05) is 5.33 Å². The average Bonchev–Trinajstić information content (AvgIpc) is 2.18. The smallest absolute Gasteiger partial charge is 0.200 e. The monoisotopic (exact) mass is 338 g/mol. The van der Waals surface area contributed by atoms with E-state index in [1.165, 1.54) is 5.41 Å². The van der Waals surface area contributed by atoms with Gasteiger partial charge in [-0.05, 0) is 12.1 Å². The van der Waals surface area contributed by atoms with Crippen LogP contribution in [0.2, 0.25) is 0 Å². The Morgan fingerprint density at radius 3 is 2.36 bits per heavy atom. The predicted octanol–water partition coefficient (Wildman–Crippen LogP) is 3.09. The largest absolute Gasteiger partial charge is 0.219 e. The maximum absolute atomic E-state index is 11.7. The van der Waals surface area contributed by atoms with Crippen LogP contribution in [0, 0.1) is 0 Å². The molecule has 1 aromatic carbocycles. The average molecular weight is 340 g/mol. The lowest BCUT2D eigenvalue weighted by molar-refractivity contribution is 0.604. The summed E-state index contributed by atoms with van der Waals surface area (Å²) in [7, 11) is -3.31. The fraction of sp³-hybridized carbons (Fsp3) is 0.111. The summed E-state index contributed by atoms with van der Waals surface area (Å²) in [5, 5.41) is 1.69. The van der Waals surface area contributed by atoms with E-state index in [1.54, 1.807) is 30.3 Å². The number of halogens is 2. The highest BCUT2D eigenvalue weighted by atomic mass is 79.9. The Morgan fingerprint density at radius 2 is 1.86 bits per heavy atom. The van der Waals surface area contributed by atoms with Crippen molar-refractivity contribution >= 4 is 41.7 Å². The maximum Gasteiger partial charge on any atom is 0.200 e. The van der Waals surface area contributed by atoms with Crippen LogP contribution in [0.25, 0.3) is 0 Å². The quantitative estimate of drug-likeness (QED) is 0.793. The summed E-state index contributed by atoms with van der Waals surface area (Å²) in [6.45, 7) is 0. The standard InChI is InChI=1S/C9H8Br2O2S/c10-6-8(11)7-14(12,13)9-4-2-1-3-5-9/h1-5,7H,6H2/b8-7+. The van der Waals surface area contributed by atoms with E-state index in [0.717, 1.165) is 0 Å². The molecular formula is C9H8Br2O2S. The van der Waals surface area contributed by atoms with Crippen LogP contribution in [0.4, 0.5) is 0 Å². The van der Waals surface area contributed by atoms with Crippen molar-refractivity contribution in [2.24, 2.45) is 0 Å². The van der Waals surface area contributed by atoms with Gasteiger partial charge < -0.3 is 0 Å². The molecule has 1 rings (SSSR count). The Labute approximate surface area is 100 Å².